The van der Waals surface area contributed by atoms with Crippen LogP contribution >= 0.6 is 0 Å². The summed E-state index contributed by atoms with van der Waals surface area (Å²) in [4.78, 5) is 30.6. The molecule has 0 bridgehead atoms. The summed E-state index contributed by atoms with van der Waals surface area (Å²) in [6.07, 6.45) is -0.587. The molecule has 0 aliphatic carbocycles. The highest BCUT2D eigenvalue weighted by Gasteiger charge is 2.49. The summed E-state index contributed by atoms with van der Waals surface area (Å²) in [5.74, 6) is 0.283. The van der Waals surface area contributed by atoms with Gasteiger partial charge >= 0.3 is 6.18 Å². The Morgan fingerprint density at radius 1 is 0.838 bits per heavy atom. The molecule has 0 spiro atoms. The van der Waals surface area contributed by atoms with Crippen molar-refractivity contribution in [3.05, 3.63) is 59.2 Å². The molecule has 5 nitrogen and oxygen atoms in total. The van der Waals surface area contributed by atoms with Crippen molar-refractivity contribution in [2.75, 3.05) is 14.1 Å². The summed E-state index contributed by atoms with van der Waals surface area (Å²) >= 11 is 0. The molecule has 0 N–H and O–H groups in total. The molecule has 37 heavy (non-hydrogen) atoms. The number of hydrogen-bond acceptors (Lipinski definition) is 4. The molecule has 8 heteroatoms. The Morgan fingerprint density at radius 3 is 1.62 bits per heavy atom. The van der Waals surface area contributed by atoms with E-state index in [9.17, 15) is 22.8 Å². The number of carbonyl (C=O) groups excluding carboxylic acids is 2. The number of nitrogens with zero attached hydrogens (tertiary/aromatic N) is 3. The van der Waals surface area contributed by atoms with Gasteiger partial charge in [0.05, 0.1) is 5.69 Å². The van der Waals surface area contributed by atoms with E-state index in [1.165, 1.54) is 24.1 Å². The zero-order valence-electron chi connectivity index (χ0n) is 22.0. The normalized spacial score (nSPS) is 10.5. The van der Waals surface area contributed by atoms with Crippen LogP contribution in [0.1, 0.15) is 93.3 Å². The quantitative estimate of drug-likeness (QED) is 0.408. The predicted octanol–water partition coefficient (Wildman–Crippen LogP) is 7.74. The summed E-state index contributed by atoms with van der Waals surface area (Å²) in [6, 6.07) is 7.06. The van der Waals surface area contributed by atoms with Crippen LogP contribution in [0.4, 0.5) is 13.2 Å². The number of Topliss-reactive ketones (excluding diaryl/α,β-unsaturated/α-hetero) is 1. The molecule has 0 atom stereocenters. The molecule has 2 aromatic heterocycles. The second-order valence-corrected chi connectivity index (χ2v) is 9.93. The van der Waals surface area contributed by atoms with E-state index in [-0.39, 0.29) is 45.1 Å². The van der Waals surface area contributed by atoms with Gasteiger partial charge in [-0.3, -0.25) is 19.6 Å². The van der Waals surface area contributed by atoms with Crippen molar-refractivity contribution in [1.29, 1.82) is 0 Å². The molecule has 2 aromatic rings. The van der Waals surface area contributed by atoms with Crippen LogP contribution in [0.25, 0.3) is 0 Å². The van der Waals surface area contributed by atoms with Gasteiger partial charge in [-0.15, -0.1) is 0 Å². The Kier molecular flexibility index (Phi) is 18.9. The first-order valence-corrected chi connectivity index (χ1v) is 10.9. The van der Waals surface area contributed by atoms with Gasteiger partial charge in [0.15, 0.2) is 0 Å². The highest BCUT2D eigenvalue weighted by atomic mass is 19.4. The third-order valence-corrected chi connectivity index (χ3v) is 4.94. The molecule has 0 aliphatic heterocycles. The topological polar surface area (TPSA) is 63.2 Å². The van der Waals surface area contributed by atoms with E-state index in [0.717, 1.165) is 30.7 Å². The van der Waals surface area contributed by atoms with E-state index in [1.807, 2.05) is 12.1 Å². The van der Waals surface area contributed by atoms with Gasteiger partial charge in [0.25, 0.3) is 0 Å². The minimum absolute atomic E-state index is 0. The van der Waals surface area contributed by atoms with Gasteiger partial charge in [-0.25, -0.2) is 0 Å². The minimum atomic E-state index is -4.27. The van der Waals surface area contributed by atoms with E-state index in [1.54, 1.807) is 40.2 Å². The number of alkyl halides is 3. The number of aryl methyl sites for hydroxylation is 1. The lowest BCUT2D eigenvalue weighted by Crippen LogP contribution is -2.37. The molecular formula is C29H50F3N3O2. The van der Waals surface area contributed by atoms with Crippen LogP contribution in [-0.4, -0.2) is 46.8 Å². The Bertz CT molecular complexity index is 948. The summed E-state index contributed by atoms with van der Waals surface area (Å²) in [6.45, 7) is 13.5. The Labute approximate surface area is 223 Å². The molecule has 0 unspecified atom stereocenters. The zero-order valence-corrected chi connectivity index (χ0v) is 22.0. The van der Waals surface area contributed by atoms with Crippen LogP contribution in [0.15, 0.2) is 36.7 Å². The number of carbonyl (C=O) groups is 2. The van der Waals surface area contributed by atoms with Crippen LogP contribution < -0.4 is 0 Å². The van der Waals surface area contributed by atoms with Crippen LogP contribution in [0, 0.1) is 6.92 Å². The molecule has 1 amide bonds. The number of pyridine rings is 2. The molecule has 0 aliphatic rings. The van der Waals surface area contributed by atoms with Crippen LogP contribution in [-0.2, 0) is 26.8 Å². The Morgan fingerprint density at radius 2 is 1.27 bits per heavy atom. The number of halogens is 3. The van der Waals surface area contributed by atoms with Crippen LogP contribution in [0.2, 0.25) is 0 Å². The molecular weight excluding hydrogens is 479 g/mol. The van der Waals surface area contributed by atoms with Gasteiger partial charge in [0.1, 0.15) is 11.2 Å². The van der Waals surface area contributed by atoms with E-state index in [0.29, 0.717) is 6.42 Å². The first-order chi connectivity index (χ1) is 15.3. The van der Waals surface area contributed by atoms with Crippen LogP contribution in [0.5, 0.6) is 0 Å². The average molecular weight is 530 g/mol. The van der Waals surface area contributed by atoms with Gasteiger partial charge in [-0.05, 0) is 63.1 Å². The van der Waals surface area contributed by atoms with Crippen molar-refractivity contribution in [3.63, 3.8) is 0 Å². The van der Waals surface area contributed by atoms with Gasteiger partial charge in [-0.1, -0.05) is 43.1 Å². The van der Waals surface area contributed by atoms with Gasteiger partial charge in [0, 0.05) is 50.9 Å². The molecule has 0 aromatic carbocycles. The van der Waals surface area contributed by atoms with Crippen molar-refractivity contribution >= 4 is 11.7 Å². The fourth-order valence-corrected chi connectivity index (χ4v) is 2.31. The third kappa shape index (κ3) is 15.2. The fourth-order valence-electron chi connectivity index (χ4n) is 2.31. The molecule has 2 heterocycles. The highest BCUT2D eigenvalue weighted by Crippen LogP contribution is 2.39. The maximum Gasteiger partial charge on any atom is 0.399 e. The molecule has 2 rings (SSSR count). The SMILES string of the molecule is C.C.C.CC(=O)Cc1ccnc(C(C)(C)C)c1.CC(=O)N(C)C.Cc1ccnc(C(C)(C)C(F)(F)F)c1. The summed E-state index contributed by atoms with van der Waals surface area (Å²) < 4.78 is 37.8. The second kappa shape index (κ2) is 16.9. The van der Waals surface area contributed by atoms with E-state index in [2.05, 4.69) is 30.7 Å². The van der Waals surface area contributed by atoms with Gasteiger partial charge < -0.3 is 4.90 Å². The maximum atomic E-state index is 12.6. The van der Waals surface area contributed by atoms with Crippen molar-refractivity contribution < 1.29 is 22.8 Å². The zero-order chi connectivity index (χ0) is 26.9. The van der Waals surface area contributed by atoms with Crippen molar-refractivity contribution in [1.82, 2.24) is 14.9 Å². The van der Waals surface area contributed by atoms with Gasteiger partial charge in [-0.2, -0.15) is 13.2 Å². The lowest BCUT2D eigenvalue weighted by atomic mass is 9.87. The van der Waals surface area contributed by atoms with E-state index >= 15 is 0 Å². The van der Waals surface area contributed by atoms with E-state index in [4.69, 9.17) is 0 Å². The number of amides is 1. The average Bonchev–Trinajstić information content (AvgIpc) is 2.67. The molecule has 0 saturated carbocycles. The first kappa shape index (κ1) is 41.4. The molecule has 0 radical (unpaired) electrons. The summed E-state index contributed by atoms with van der Waals surface area (Å²) in [5, 5.41) is 0. The largest absolute Gasteiger partial charge is 0.399 e. The smallest absolute Gasteiger partial charge is 0.349 e. The van der Waals surface area contributed by atoms with Crippen molar-refractivity contribution in [2.24, 2.45) is 0 Å². The van der Waals surface area contributed by atoms with E-state index < -0.39 is 11.6 Å². The monoisotopic (exact) mass is 529 g/mol. The fraction of sp³-hybridized carbons (Fsp3) is 0.586. The third-order valence-electron chi connectivity index (χ3n) is 4.94. The Balaban J connectivity index is -0.000000227. The number of ketones is 1. The molecule has 0 fully saturated rings. The van der Waals surface area contributed by atoms with Crippen molar-refractivity contribution in [2.45, 2.75) is 101 Å². The predicted molar refractivity (Wildman–Crippen MR) is 150 cm³/mol. The Hall–Kier alpha value is -2.77. The van der Waals surface area contributed by atoms with Crippen molar-refractivity contribution in [3.8, 4) is 0 Å². The molecule has 214 valence electrons. The lowest BCUT2D eigenvalue weighted by Gasteiger charge is -2.27. The van der Waals surface area contributed by atoms with Gasteiger partial charge in [0.2, 0.25) is 5.91 Å². The maximum absolute atomic E-state index is 12.6. The summed E-state index contributed by atoms with van der Waals surface area (Å²) in [5.41, 5.74) is 1.09. The minimum Gasteiger partial charge on any atom is -0.349 e. The number of rotatable bonds is 3. The first-order valence-electron chi connectivity index (χ1n) is 10.9. The van der Waals surface area contributed by atoms with Crippen LogP contribution in [0.3, 0.4) is 0 Å². The highest BCUT2D eigenvalue weighted by molar-refractivity contribution is 5.78. The lowest BCUT2D eigenvalue weighted by molar-refractivity contribution is -0.181. The standard InChI is InChI=1S/C12H17NO.C10H12F3N.C4H9NO.3CH4/c1-9(14)7-10-5-6-13-11(8-10)12(2,3)4;1-7-4-5-14-8(6-7)9(2,3)10(11,12)13;1-4(6)5(2)3;;;/h5-6,8H,7H2,1-4H3;4-6H,1-3H3;1-3H3;3*1H4. The summed E-state index contributed by atoms with van der Waals surface area (Å²) in [7, 11) is 3.45. The molecule has 0 saturated heterocycles. The number of aromatic nitrogens is 2. The second-order valence-electron chi connectivity index (χ2n) is 9.93. The number of hydrogen-bond donors (Lipinski definition) is 0.